The molecule has 0 heterocycles. The maximum Gasteiger partial charge on any atom is -0.172 e. The van der Waals surface area contributed by atoms with Gasteiger partial charge < -0.3 is 13.8 Å². The molecule has 0 saturated carbocycles. The van der Waals surface area contributed by atoms with Crippen molar-refractivity contribution in [1.82, 2.24) is 0 Å². The first-order chi connectivity index (χ1) is 26.2. The second-order valence-electron chi connectivity index (χ2n) is 18.9. The van der Waals surface area contributed by atoms with Crippen molar-refractivity contribution in [3.63, 3.8) is 0 Å². The molecule has 0 aliphatic rings. The number of benzene rings is 4. The van der Waals surface area contributed by atoms with E-state index in [0.29, 0.717) is 0 Å². The molecule has 0 unspecified atom stereocenters. The van der Waals surface area contributed by atoms with Gasteiger partial charge in [-0.3, -0.25) is 0 Å². The molecule has 56 heavy (non-hydrogen) atoms. The molecule has 0 amide bonds. The van der Waals surface area contributed by atoms with Crippen LogP contribution in [0.4, 0.5) is 0 Å². The maximum atomic E-state index is 3.60. The minimum atomic E-state index is 0.0252. The Morgan fingerprint density at radius 3 is 1.02 bits per heavy atom. The molecule has 0 spiro atoms. The summed E-state index contributed by atoms with van der Waals surface area (Å²) in [7, 11) is 0. The van der Waals surface area contributed by atoms with Crippen LogP contribution in [0.25, 0.3) is 43.8 Å². The van der Waals surface area contributed by atoms with Gasteiger partial charge in [0.25, 0.3) is 0 Å². The molecule has 0 aliphatic heterocycles. The molecule has 0 atom stereocenters. The van der Waals surface area contributed by atoms with Gasteiger partial charge in [-0.2, -0.15) is 31.0 Å². The van der Waals surface area contributed by atoms with Gasteiger partial charge in [0.2, 0.25) is 0 Å². The van der Waals surface area contributed by atoms with Crippen LogP contribution in [0.5, 0.6) is 0 Å². The predicted molar refractivity (Wildman–Crippen MR) is 252 cm³/mol. The third-order valence-corrected chi connectivity index (χ3v) is 9.98. The van der Waals surface area contributed by atoms with Gasteiger partial charge in [0.15, 0.2) is 0 Å². The minimum absolute atomic E-state index is 0.0252. The first-order valence-corrected chi connectivity index (χ1v) is 22.5. The van der Waals surface area contributed by atoms with Crippen LogP contribution < -0.4 is 0 Å². The van der Waals surface area contributed by atoms with E-state index < -0.39 is 0 Å². The van der Waals surface area contributed by atoms with Gasteiger partial charge >= 0.3 is 28.4 Å². The van der Waals surface area contributed by atoms with Crippen molar-refractivity contribution >= 4 is 25.8 Å². The molecule has 302 valence electrons. The van der Waals surface area contributed by atoms with E-state index in [1.807, 2.05) is 30.3 Å². The van der Waals surface area contributed by atoms with E-state index in [4.69, 9.17) is 0 Å². The summed E-state index contributed by atoms with van der Waals surface area (Å²) in [6, 6.07) is 40.7. The fourth-order valence-corrected chi connectivity index (χ4v) is 6.44. The number of fused-ring (bicyclic) bond motifs is 3. The molecule has 0 nitrogen and oxygen atoms in total. The second kappa shape index (κ2) is 21.6. The first-order valence-electron chi connectivity index (χ1n) is 20.7. The summed E-state index contributed by atoms with van der Waals surface area (Å²) in [6.07, 6.45) is 4.56. The van der Waals surface area contributed by atoms with E-state index in [2.05, 4.69) is 194 Å². The van der Waals surface area contributed by atoms with E-state index in [-0.39, 0.29) is 21.7 Å². The molecule has 0 aromatic heterocycles. The van der Waals surface area contributed by atoms with Crippen LogP contribution in [0.1, 0.15) is 145 Å². The Kier molecular flexibility index (Phi) is 18.9. The van der Waals surface area contributed by atoms with Crippen molar-refractivity contribution in [3.8, 4) is 22.3 Å². The summed E-state index contributed by atoms with van der Waals surface area (Å²) < 4.78 is 3.34. The topological polar surface area (TPSA) is 0 Å². The summed E-state index contributed by atoms with van der Waals surface area (Å²) in [5, 5.41) is 5.37. The fourth-order valence-electron chi connectivity index (χ4n) is 6.44. The Morgan fingerprint density at radius 2 is 0.804 bits per heavy atom. The molecule has 6 aromatic rings. The van der Waals surface area contributed by atoms with Gasteiger partial charge in [-0.1, -0.05) is 170 Å². The number of rotatable bonds is 4. The Morgan fingerprint density at radius 1 is 0.500 bits per heavy atom. The van der Waals surface area contributed by atoms with E-state index in [0.717, 1.165) is 12.8 Å². The smallest absolute Gasteiger partial charge is 0.172 e. The standard InChI is InChI=1S/C41H49.C5H5.2C4H9.CH2.Zr/c1-38(2,3)30-17-13-26(14-18-30)34-22-28-21-29-23-35(27-15-19-31(20-16-27)39(4,5)6)37(41(10,11)12)25-33(29)32(28)24-36(34)40(7,8)9;1-2-4-5-3-1;2*1-3-4-2;;/h13-25H,1-12H3;1-5H;2*1,3-4H2,2H3;1H2;/q4*-1;;. The average molecular weight is 826 g/mol. The summed E-state index contributed by atoms with van der Waals surface area (Å²) in [4.78, 5) is 0. The van der Waals surface area contributed by atoms with E-state index in [9.17, 15) is 0 Å². The summed E-state index contributed by atoms with van der Waals surface area (Å²) in [5.41, 5.74) is 11.2. The number of hydrogen-bond donors (Lipinski definition) is 0. The summed E-state index contributed by atoms with van der Waals surface area (Å²) >= 11 is 1.30. The SMILES string of the molecule is CC(C)(C)c1ccc(-c2cc3[cH-]c4cc(-c5ccc(C(C)(C)C)cc5)c(C(C)(C)C)cc4c3cc2C(C)(C)C)cc1.[CH2-]CCC.[CH2-]CCC.[CH2]=[Zr].c1cc[cH-]c1. The molecule has 0 aliphatic carbocycles. The monoisotopic (exact) mass is 824 g/mol. The van der Waals surface area contributed by atoms with Crippen LogP contribution in [0.15, 0.2) is 109 Å². The number of unbranched alkanes of at least 4 members (excludes halogenated alkanes) is 2. The van der Waals surface area contributed by atoms with E-state index in [1.165, 1.54) is 103 Å². The normalized spacial score (nSPS) is 11.6. The fraction of sp³-hybridized carbons (Fsp3) is 0.400. The molecule has 6 rings (SSSR count). The van der Waals surface area contributed by atoms with Crippen LogP contribution in [0.3, 0.4) is 0 Å². The third-order valence-electron chi connectivity index (χ3n) is 9.98. The average Bonchev–Trinajstić information content (AvgIpc) is 3.85. The molecular formula is C55H74Zr-4. The largest absolute Gasteiger partial charge is 0.214 e. The Bertz CT molecular complexity index is 1850. The second-order valence-corrected chi connectivity index (χ2v) is 18.9. The van der Waals surface area contributed by atoms with Crippen molar-refractivity contribution < 1.29 is 24.2 Å². The van der Waals surface area contributed by atoms with Crippen molar-refractivity contribution in [2.45, 2.75) is 144 Å². The van der Waals surface area contributed by atoms with Crippen LogP contribution in [-0.2, 0) is 45.9 Å². The Hall–Kier alpha value is -3.15. The summed E-state index contributed by atoms with van der Waals surface area (Å²) in [5.74, 6) is 0. The van der Waals surface area contributed by atoms with Crippen LogP contribution in [0, 0.1) is 13.8 Å². The maximum absolute atomic E-state index is 3.60. The van der Waals surface area contributed by atoms with Crippen molar-refractivity contribution in [2.75, 3.05) is 0 Å². The van der Waals surface area contributed by atoms with Crippen LogP contribution in [-0.4, -0.2) is 4.21 Å². The van der Waals surface area contributed by atoms with Gasteiger partial charge in [0, 0.05) is 0 Å². The van der Waals surface area contributed by atoms with Gasteiger partial charge in [-0.15, -0.1) is 39.7 Å². The van der Waals surface area contributed by atoms with Gasteiger partial charge in [0.1, 0.15) is 0 Å². The molecule has 1 heteroatoms. The molecule has 0 saturated heterocycles. The zero-order valence-electron chi connectivity index (χ0n) is 37.8. The number of hydrogen-bond acceptors (Lipinski definition) is 0. The summed E-state index contributed by atoms with van der Waals surface area (Å²) in [6.45, 7) is 39.2. The van der Waals surface area contributed by atoms with Crippen molar-refractivity contribution in [3.05, 3.63) is 145 Å². The predicted octanol–water partition coefficient (Wildman–Crippen LogP) is 16.8. The van der Waals surface area contributed by atoms with Gasteiger partial charge in [0.05, 0.1) is 0 Å². The van der Waals surface area contributed by atoms with E-state index >= 15 is 0 Å². The molecule has 0 bridgehead atoms. The Labute approximate surface area is 359 Å². The minimum Gasteiger partial charge on any atom is -0.214 e. The molecular weight excluding hydrogens is 752 g/mol. The van der Waals surface area contributed by atoms with Crippen molar-refractivity contribution in [1.29, 1.82) is 0 Å². The quantitative estimate of drug-likeness (QED) is 0.155. The van der Waals surface area contributed by atoms with Crippen LogP contribution in [0.2, 0.25) is 0 Å². The van der Waals surface area contributed by atoms with Crippen molar-refractivity contribution in [2.24, 2.45) is 0 Å². The zero-order valence-corrected chi connectivity index (χ0v) is 40.3. The van der Waals surface area contributed by atoms with Gasteiger partial charge in [-0.05, 0) is 66.2 Å². The van der Waals surface area contributed by atoms with E-state index in [1.54, 1.807) is 0 Å². The molecule has 0 N–H and O–H groups in total. The van der Waals surface area contributed by atoms with Crippen LogP contribution >= 0.6 is 0 Å². The molecule has 6 aromatic carbocycles. The molecule has 0 fully saturated rings. The third kappa shape index (κ3) is 13.8. The Balaban J connectivity index is 0.000000614. The first kappa shape index (κ1) is 49.0. The molecule has 0 radical (unpaired) electrons. The van der Waals surface area contributed by atoms with Gasteiger partial charge in [-0.25, -0.2) is 12.1 Å². The zero-order chi connectivity index (χ0) is 42.5.